The monoisotopic (exact) mass is 210 g/mol. The second kappa shape index (κ2) is 4.93. The van der Waals surface area contributed by atoms with E-state index in [0.29, 0.717) is 6.54 Å². The lowest BCUT2D eigenvalue weighted by molar-refractivity contribution is -0.132. The third-order valence-corrected chi connectivity index (χ3v) is 2.36. The summed E-state index contributed by atoms with van der Waals surface area (Å²) in [5.74, 6) is 0.0846. The number of nitrogens with zero attached hydrogens (tertiary/aromatic N) is 3. The van der Waals surface area contributed by atoms with Crippen molar-refractivity contribution in [2.75, 3.05) is 14.1 Å². The molecule has 0 aliphatic carbocycles. The molecule has 15 heavy (non-hydrogen) atoms. The van der Waals surface area contributed by atoms with Gasteiger partial charge in [-0.15, -0.1) is 0 Å². The Kier molecular flexibility index (Phi) is 3.85. The largest absolute Gasteiger partial charge is 0.340 e. The number of hydrogen-bond donors (Lipinski definition) is 1. The van der Waals surface area contributed by atoms with Gasteiger partial charge >= 0.3 is 0 Å². The number of likely N-dealkylation sites (N-methyl/N-ethyl adjacent to an activating group) is 2. The first kappa shape index (κ1) is 11.7. The van der Waals surface area contributed by atoms with Gasteiger partial charge < -0.3 is 10.2 Å². The van der Waals surface area contributed by atoms with Gasteiger partial charge in [0.1, 0.15) is 0 Å². The van der Waals surface area contributed by atoms with Gasteiger partial charge in [0.05, 0.1) is 12.2 Å². The van der Waals surface area contributed by atoms with Crippen LogP contribution >= 0.6 is 0 Å². The molecule has 0 bridgehead atoms. The topological polar surface area (TPSA) is 50.2 Å². The zero-order valence-electron chi connectivity index (χ0n) is 9.69. The maximum atomic E-state index is 11.7. The van der Waals surface area contributed by atoms with Crippen LogP contribution in [0.25, 0.3) is 0 Å². The molecule has 0 spiro atoms. The number of amides is 1. The molecule has 1 atom stereocenters. The van der Waals surface area contributed by atoms with Gasteiger partial charge in [0.25, 0.3) is 0 Å². The molecule has 5 nitrogen and oxygen atoms in total. The van der Waals surface area contributed by atoms with Gasteiger partial charge in [-0.25, -0.2) is 0 Å². The Bertz CT molecular complexity index is 334. The van der Waals surface area contributed by atoms with Gasteiger partial charge in [0, 0.05) is 32.4 Å². The molecule has 0 aliphatic rings. The molecule has 0 aromatic carbocycles. The molecular weight excluding hydrogens is 192 g/mol. The molecule has 1 aromatic heterocycles. The van der Waals surface area contributed by atoms with Crippen molar-refractivity contribution < 1.29 is 4.79 Å². The molecule has 0 saturated heterocycles. The van der Waals surface area contributed by atoms with Gasteiger partial charge in [0.2, 0.25) is 5.91 Å². The molecule has 1 aromatic rings. The van der Waals surface area contributed by atoms with Gasteiger partial charge in [0.15, 0.2) is 0 Å². The van der Waals surface area contributed by atoms with Crippen molar-refractivity contribution in [3.8, 4) is 0 Å². The molecular formula is C10H18N4O. The summed E-state index contributed by atoms with van der Waals surface area (Å²) in [7, 11) is 5.44. The minimum absolute atomic E-state index is 0.0846. The predicted molar refractivity (Wildman–Crippen MR) is 58.2 cm³/mol. The van der Waals surface area contributed by atoms with Crippen LogP contribution in [0, 0.1) is 0 Å². The summed E-state index contributed by atoms with van der Waals surface area (Å²) in [6, 6.07) is -0.147. The van der Waals surface area contributed by atoms with E-state index in [1.807, 2.05) is 20.2 Å². The Labute approximate surface area is 90.1 Å². The van der Waals surface area contributed by atoms with Gasteiger partial charge in [-0.3, -0.25) is 9.48 Å². The molecule has 0 radical (unpaired) electrons. The van der Waals surface area contributed by atoms with Crippen LogP contribution in [0.1, 0.15) is 12.5 Å². The summed E-state index contributed by atoms with van der Waals surface area (Å²) in [4.78, 5) is 13.4. The maximum Gasteiger partial charge on any atom is 0.239 e. The Hall–Kier alpha value is -1.36. The highest BCUT2D eigenvalue weighted by Gasteiger charge is 2.15. The van der Waals surface area contributed by atoms with Gasteiger partial charge in [-0.2, -0.15) is 5.10 Å². The van der Waals surface area contributed by atoms with E-state index in [2.05, 4.69) is 10.4 Å². The third kappa shape index (κ3) is 3.06. The minimum atomic E-state index is -0.147. The van der Waals surface area contributed by atoms with Crippen molar-refractivity contribution in [1.82, 2.24) is 20.0 Å². The summed E-state index contributed by atoms with van der Waals surface area (Å²) in [6.07, 6.45) is 3.68. The SMILES string of the molecule is CNC(C)C(=O)N(C)Cc1cnn(C)c1. The average Bonchev–Trinajstić information content (AvgIpc) is 2.61. The van der Waals surface area contributed by atoms with Crippen molar-refractivity contribution in [3.05, 3.63) is 18.0 Å². The summed E-state index contributed by atoms with van der Waals surface area (Å²) in [5.41, 5.74) is 1.04. The lowest BCUT2D eigenvalue weighted by atomic mass is 10.2. The first-order valence-corrected chi connectivity index (χ1v) is 4.94. The van der Waals surface area contributed by atoms with Crippen molar-refractivity contribution in [1.29, 1.82) is 0 Å². The summed E-state index contributed by atoms with van der Waals surface area (Å²) in [6.45, 7) is 2.45. The highest BCUT2D eigenvalue weighted by atomic mass is 16.2. The van der Waals surface area contributed by atoms with Crippen LogP contribution < -0.4 is 5.32 Å². The molecule has 1 unspecified atom stereocenters. The molecule has 1 N–H and O–H groups in total. The molecule has 84 valence electrons. The average molecular weight is 210 g/mol. The third-order valence-electron chi connectivity index (χ3n) is 2.36. The van der Waals surface area contributed by atoms with Crippen molar-refractivity contribution in [2.45, 2.75) is 19.5 Å². The number of hydrogen-bond acceptors (Lipinski definition) is 3. The second-order valence-corrected chi connectivity index (χ2v) is 3.73. The Balaban J connectivity index is 2.55. The normalized spacial score (nSPS) is 12.5. The molecule has 5 heteroatoms. The zero-order chi connectivity index (χ0) is 11.4. The molecule has 1 amide bonds. The van der Waals surface area contributed by atoms with Crippen LogP contribution in [0.5, 0.6) is 0 Å². The number of aromatic nitrogens is 2. The van der Waals surface area contributed by atoms with Crippen LogP contribution in [0.15, 0.2) is 12.4 Å². The smallest absolute Gasteiger partial charge is 0.239 e. The van der Waals surface area contributed by atoms with E-state index in [9.17, 15) is 4.79 Å². The van der Waals surface area contributed by atoms with Crippen LogP contribution in [0.4, 0.5) is 0 Å². The Morgan fingerprint density at radius 1 is 1.73 bits per heavy atom. The summed E-state index contributed by atoms with van der Waals surface area (Å²) >= 11 is 0. The van der Waals surface area contributed by atoms with Gasteiger partial charge in [-0.05, 0) is 14.0 Å². The molecule has 1 heterocycles. The quantitative estimate of drug-likeness (QED) is 0.760. The van der Waals surface area contributed by atoms with E-state index in [4.69, 9.17) is 0 Å². The fraction of sp³-hybridized carbons (Fsp3) is 0.600. The predicted octanol–water partition coefficient (Wildman–Crippen LogP) is -0.0136. The van der Waals surface area contributed by atoms with Crippen LogP contribution in [0.2, 0.25) is 0 Å². The molecule has 0 aliphatic heterocycles. The lowest BCUT2D eigenvalue weighted by Gasteiger charge is -2.20. The van der Waals surface area contributed by atoms with Gasteiger partial charge in [-0.1, -0.05) is 0 Å². The number of nitrogens with one attached hydrogen (secondary N) is 1. The van der Waals surface area contributed by atoms with E-state index in [1.54, 1.807) is 29.9 Å². The van der Waals surface area contributed by atoms with E-state index < -0.39 is 0 Å². The van der Waals surface area contributed by atoms with Crippen molar-refractivity contribution in [2.24, 2.45) is 7.05 Å². The second-order valence-electron chi connectivity index (χ2n) is 3.73. The highest BCUT2D eigenvalue weighted by molar-refractivity contribution is 5.81. The Morgan fingerprint density at radius 2 is 2.40 bits per heavy atom. The van der Waals surface area contributed by atoms with Crippen molar-refractivity contribution in [3.63, 3.8) is 0 Å². The number of carbonyl (C=O) groups is 1. The van der Waals surface area contributed by atoms with Crippen molar-refractivity contribution >= 4 is 5.91 Å². The lowest BCUT2D eigenvalue weighted by Crippen LogP contribution is -2.41. The molecule has 0 saturated carbocycles. The van der Waals surface area contributed by atoms with Crippen LogP contribution in [0.3, 0.4) is 0 Å². The molecule has 1 rings (SSSR count). The zero-order valence-corrected chi connectivity index (χ0v) is 9.69. The summed E-state index contributed by atoms with van der Waals surface area (Å²) < 4.78 is 1.73. The summed E-state index contributed by atoms with van der Waals surface area (Å²) in [5, 5.41) is 6.98. The first-order chi connectivity index (χ1) is 7.04. The fourth-order valence-corrected chi connectivity index (χ4v) is 1.36. The minimum Gasteiger partial charge on any atom is -0.340 e. The number of aryl methyl sites for hydroxylation is 1. The van der Waals surface area contributed by atoms with Crippen LogP contribution in [-0.2, 0) is 18.4 Å². The van der Waals surface area contributed by atoms with E-state index in [1.165, 1.54) is 0 Å². The van der Waals surface area contributed by atoms with E-state index in [0.717, 1.165) is 5.56 Å². The fourth-order valence-electron chi connectivity index (χ4n) is 1.36. The number of carbonyl (C=O) groups excluding carboxylic acids is 1. The first-order valence-electron chi connectivity index (χ1n) is 4.94. The molecule has 0 fully saturated rings. The number of rotatable bonds is 4. The standard InChI is InChI=1S/C10H18N4O/c1-8(11-2)10(15)13(3)6-9-5-12-14(4)7-9/h5,7-8,11H,6H2,1-4H3. The highest BCUT2D eigenvalue weighted by Crippen LogP contribution is 2.02. The van der Waals surface area contributed by atoms with E-state index >= 15 is 0 Å². The Morgan fingerprint density at radius 3 is 2.87 bits per heavy atom. The van der Waals surface area contributed by atoms with Crippen LogP contribution in [-0.4, -0.2) is 40.7 Å². The van der Waals surface area contributed by atoms with E-state index in [-0.39, 0.29) is 11.9 Å². The maximum absolute atomic E-state index is 11.7.